The van der Waals surface area contributed by atoms with Crippen molar-refractivity contribution < 1.29 is 4.74 Å². The van der Waals surface area contributed by atoms with Crippen LogP contribution in [0.4, 0.5) is 0 Å². The minimum Gasteiger partial charge on any atom is -0.380 e. The third-order valence-corrected chi connectivity index (χ3v) is 3.32. The summed E-state index contributed by atoms with van der Waals surface area (Å²) in [7, 11) is 0. The molecule has 1 aromatic heterocycles. The molecule has 1 N–H and O–H groups in total. The average Bonchev–Trinajstić information content (AvgIpc) is 2.52. The Morgan fingerprint density at radius 1 is 1.47 bits per heavy atom. The Bertz CT molecular complexity index is 279. The summed E-state index contributed by atoms with van der Waals surface area (Å²) in [4.78, 5) is 5.79. The zero-order chi connectivity index (χ0) is 11.3. The summed E-state index contributed by atoms with van der Waals surface area (Å²) in [5.74, 6) is 0. The van der Waals surface area contributed by atoms with Gasteiger partial charge in [0, 0.05) is 24.1 Å². The van der Waals surface area contributed by atoms with Gasteiger partial charge >= 0.3 is 0 Å². The molecule has 0 bridgehead atoms. The van der Waals surface area contributed by atoms with E-state index in [0.717, 1.165) is 30.5 Å². The highest BCUT2D eigenvalue weighted by molar-refractivity contribution is 7.11. The van der Waals surface area contributed by atoms with Crippen molar-refractivity contribution in [3.05, 3.63) is 15.6 Å². The van der Waals surface area contributed by atoms with Crippen LogP contribution in [0, 0.1) is 13.8 Å². The third kappa shape index (κ3) is 4.28. The lowest BCUT2D eigenvalue weighted by atomic mass is 10.3. The molecule has 0 saturated heterocycles. The van der Waals surface area contributed by atoms with E-state index in [0.29, 0.717) is 6.04 Å². The Morgan fingerprint density at radius 2 is 2.20 bits per heavy atom. The van der Waals surface area contributed by atoms with Gasteiger partial charge in [-0.2, -0.15) is 0 Å². The predicted octanol–water partition coefficient (Wildman–Crippen LogP) is 2.27. The molecule has 1 heterocycles. The number of aromatic nitrogens is 1. The summed E-state index contributed by atoms with van der Waals surface area (Å²) >= 11 is 1.77. The first kappa shape index (κ1) is 12.6. The van der Waals surface area contributed by atoms with Gasteiger partial charge < -0.3 is 10.1 Å². The van der Waals surface area contributed by atoms with Crippen molar-refractivity contribution in [1.82, 2.24) is 10.3 Å². The van der Waals surface area contributed by atoms with Gasteiger partial charge in [0.15, 0.2) is 0 Å². The second-order valence-electron chi connectivity index (χ2n) is 3.69. The van der Waals surface area contributed by atoms with Crippen LogP contribution in [0.15, 0.2) is 0 Å². The number of ether oxygens (including phenoxy) is 1. The van der Waals surface area contributed by atoms with Gasteiger partial charge in [-0.15, -0.1) is 11.3 Å². The van der Waals surface area contributed by atoms with Gasteiger partial charge in [0.25, 0.3) is 0 Å². The molecular formula is C11H20N2OS. The fourth-order valence-electron chi connectivity index (χ4n) is 1.23. The molecule has 15 heavy (non-hydrogen) atoms. The lowest BCUT2D eigenvalue weighted by molar-refractivity contribution is 0.127. The molecule has 4 heteroatoms. The van der Waals surface area contributed by atoms with Gasteiger partial charge in [-0.05, 0) is 27.7 Å². The van der Waals surface area contributed by atoms with Crippen LogP contribution >= 0.6 is 11.3 Å². The van der Waals surface area contributed by atoms with Crippen molar-refractivity contribution in [3.8, 4) is 0 Å². The summed E-state index contributed by atoms with van der Waals surface area (Å²) in [5.41, 5.74) is 1.15. The maximum atomic E-state index is 5.33. The molecule has 0 aliphatic rings. The second kappa shape index (κ2) is 6.20. The highest BCUT2D eigenvalue weighted by atomic mass is 32.1. The third-order valence-electron chi connectivity index (χ3n) is 2.25. The molecule has 0 amide bonds. The predicted molar refractivity (Wildman–Crippen MR) is 64.4 cm³/mol. The van der Waals surface area contributed by atoms with Gasteiger partial charge in [0.05, 0.1) is 12.3 Å². The maximum Gasteiger partial charge on any atom is 0.107 e. The molecule has 0 fully saturated rings. The van der Waals surface area contributed by atoms with Crippen molar-refractivity contribution in [2.75, 3.05) is 13.2 Å². The van der Waals surface area contributed by atoms with Crippen LogP contribution in [0.1, 0.15) is 29.4 Å². The van der Waals surface area contributed by atoms with Crippen LogP contribution in [-0.2, 0) is 11.3 Å². The molecule has 1 rings (SSSR count). The minimum absolute atomic E-state index is 0.384. The molecule has 0 radical (unpaired) electrons. The summed E-state index contributed by atoms with van der Waals surface area (Å²) in [6.07, 6.45) is 0. The number of aryl methyl sites for hydroxylation is 2. The zero-order valence-corrected chi connectivity index (χ0v) is 10.8. The van der Waals surface area contributed by atoms with Crippen molar-refractivity contribution in [1.29, 1.82) is 0 Å². The number of nitrogens with one attached hydrogen (secondary N) is 1. The lowest BCUT2D eigenvalue weighted by Gasteiger charge is -2.11. The molecule has 86 valence electrons. The van der Waals surface area contributed by atoms with E-state index in [-0.39, 0.29) is 0 Å². The number of thiazole rings is 1. The van der Waals surface area contributed by atoms with Crippen molar-refractivity contribution in [3.63, 3.8) is 0 Å². The Morgan fingerprint density at radius 3 is 2.73 bits per heavy atom. The number of hydrogen-bond acceptors (Lipinski definition) is 4. The summed E-state index contributed by atoms with van der Waals surface area (Å²) in [6.45, 7) is 10.7. The van der Waals surface area contributed by atoms with Crippen LogP contribution < -0.4 is 5.32 Å². The maximum absolute atomic E-state index is 5.33. The van der Waals surface area contributed by atoms with Crippen LogP contribution in [0.3, 0.4) is 0 Å². The molecule has 0 aliphatic heterocycles. The Labute approximate surface area is 95.9 Å². The Hall–Kier alpha value is -0.450. The van der Waals surface area contributed by atoms with Crippen LogP contribution in [0.5, 0.6) is 0 Å². The zero-order valence-electron chi connectivity index (χ0n) is 9.96. The lowest BCUT2D eigenvalue weighted by Crippen LogP contribution is -2.30. The van der Waals surface area contributed by atoms with Crippen molar-refractivity contribution in [2.24, 2.45) is 0 Å². The Kier molecular flexibility index (Phi) is 5.22. The highest BCUT2D eigenvalue weighted by Crippen LogP contribution is 2.15. The van der Waals surface area contributed by atoms with E-state index in [2.05, 4.69) is 31.1 Å². The first-order valence-electron chi connectivity index (χ1n) is 5.37. The van der Waals surface area contributed by atoms with E-state index in [9.17, 15) is 0 Å². The summed E-state index contributed by atoms with van der Waals surface area (Å²) < 4.78 is 5.33. The van der Waals surface area contributed by atoms with Gasteiger partial charge in [0.2, 0.25) is 0 Å². The summed E-state index contributed by atoms with van der Waals surface area (Å²) in [6, 6.07) is 0.384. The fourth-order valence-corrected chi connectivity index (χ4v) is 2.11. The van der Waals surface area contributed by atoms with Gasteiger partial charge in [0.1, 0.15) is 5.01 Å². The molecule has 1 aromatic rings. The van der Waals surface area contributed by atoms with E-state index in [4.69, 9.17) is 4.74 Å². The number of hydrogen-bond donors (Lipinski definition) is 1. The van der Waals surface area contributed by atoms with Gasteiger partial charge in [-0.3, -0.25) is 0 Å². The van der Waals surface area contributed by atoms with Crippen LogP contribution in [0.25, 0.3) is 0 Å². The van der Waals surface area contributed by atoms with Crippen LogP contribution in [-0.4, -0.2) is 24.2 Å². The SMILES string of the molecule is CCOCC(C)NCc1nc(C)c(C)s1. The molecule has 0 saturated carbocycles. The molecule has 1 unspecified atom stereocenters. The van der Waals surface area contributed by atoms with Gasteiger partial charge in [-0.1, -0.05) is 0 Å². The largest absolute Gasteiger partial charge is 0.380 e. The Balaban J connectivity index is 2.30. The quantitative estimate of drug-likeness (QED) is 0.811. The monoisotopic (exact) mass is 228 g/mol. The molecule has 0 spiro atoms. The van der Waals surface area contributed by atoms with Crippen molar-refractivity contribution in [2.45, 2.75) is 40.3 Å². The number of rotatable bonds is 6. The average molecular weight is 228 g/mol. The molecule has 0 aromatic carbocycles. The standard InChI is InChI=1S/C11H20N2OS/c1-5-14-7-8(2)12-6-11-13-9(3)10(4)15-11/h8,12H,5-7H2,1-4H3. The van der Waals surface area contributed by atoms with E-state index in [1.165, 1.54) is 4.88 Å². The van der Waals surface area contributed by atoms with Crippen molar-refractivity contribution >= 4 is 11.3 Å². The van der Waals surface area contributed by atoms with Crippen LogP contribution in [0.2, 0.25) is 0 Å². The molecule has 3 nitrogen and oxygen atoms in total. The highest BCUT2D eigenvalue weighted by Gasteiger charge is 2.05. The molecular weight excluding hydrogens is 208 g/mol. The summed E-state index contributed by atoms with van der Waals surface area (Å²) in [5, 5.41) is 4.56. The minimum atomic E-state index is 0.384. The second-order valence-corrected chi connectivity index (χ2v) is 4.98. The number of nitrogens with zero attached hydrogens (tertiary/aromatic N) is 1. The van der Waals surface area contributed by atoms with Gasteiger partial charge in [-0.25, -0.2) is 4.98 Å². The first-order valence-corrected chi connectivity index (χ1v) is 6.19. The van der Waals surface area contributed by atoms with E-state index < -0.39 is 0 Å². The molecule has 1 atom stereocenters. The van der Waals surface area contributed by atoms with E-state index >= 15 is 0 Å². The smallest absolute Gasteiger partial charge is 0.107 e. The topological polar surface area (TPSA) is 34.1 Å². The first-order chi connectivity index (χ1) is 7.13. The fraction of sp³-hybridized carbons (Fsp3) is 0.727. The van der Waals surface area contributed by atoms with E-state index in [1.54, 1.807) is 11.3 Å². The molecule has 0 aliphatic carbocycles. The van der Waals surface area contributed by atoms with E-state index in [1.807, 2.05) is 6.92 Å². The normalized spacial score (nSPS) is 13.1.